The van der Waals surface area contributed by atoms with E-state index in [1.807, 2.05) is 48.5 Å². The van der Waals surface area contributed by atoms with Crippen molar-refractivity contribution in [2.24, 2.45) is 0 Å². The third-order valence-electron chi connectivity index (χ3n) is 4.87. The van der Waals surface area contributed by atoms with Crippen LogP contribution in [0.15, 0.2) is 85.1 Å². The fourth-order valence-electron chi connectivity index (χ4n) is 3.66. The normalized spacial score (nSPS) is 13.3. The molecule has 0 saturated heterocycles. The van der Waals surface area contributed by atoms with Crippen molar-refractivity contribution in [1.82, 2.24) is 4.98 Å². The molecule has 0 saturated carbocycles. The van der Waals surface area contributed by atoms with Gasteiger partial charge in [-0.15, -0.1) is 0 Å². The fourth-order valence-corrected chi connectivity index (χ4v) is 3.66. The Hall–Kier alpha value is -3.79. The van der Waals surface area contributed by atoms with Crippen molar-refractivity contribution in [1.29, 1.82) is 0 Å². The monoisotopic (exact) mass is 350 g/mol. The van der Waals surface area contributed by atoms with Crippen LogP contribution in [-0.2, 0) is 0 Å². The Balaban J connectivity index is 1.78. The van der Waals surface area contributed by atoms with Crippen molar-refractivity contribution in [3.8, 4) is 11.1 Å². The molecule has 0 N–H and O–H groups in total. The molecule has 128 valence electrons. The first-order valence-electron chi connectivity index (χ1n) is 8.66. The lowest BCUT2D eigenvalue weighted by Crippen LogP contribution is -2.40. The molecule has 0 unspecified atom stereocenters. The predicted octanol–water partition coefficient (Wildman–Crippen LogP) is 4.70. The first-order chi connectivity index (χ1) is 13.3. The average molecular weight is 350 g/mol. The van der Waals surface area contributed by atoms with E-state index in [1.54, 1.807) is 36.5 Å². The fraction of sp³-hybridized carbons (Fsp3) is 0. The van der Waals surface area contributed by atoms with E-state index in [2.05, 4.69) is 4.98 Å². The summed E-state index contributed by atoms with van der Waals surface area (Å²) in [6, 6.07) is 24.5. The number of anilines is 1. The third kappa shape index (κ3) is 2.27. The van der Waals surface area contributed by atoms with Crippen LogP contribution in [0.3, 0.4) is 0 Å². The minimum atomic E-state index is -0.345. The van der Waals surface area contributed by atoms with E-state index in [-0.39, 0.29) is 11.8 Å². The third-order valence-corrected chi connectivity index (χ3v) is 4.87. The molecular formula is C23H14N2O2. The van der Waals surface area contributed by atoms with Crippen LogP contribution in [0.2, 0.25) is 0 Å². The number of rotatable bonds is 2. The molecule has 1 aliphatic rings. The highest BCUT2D eigenvalue weighted by atomic mass is 16.2. The van der Waals surface area contributed by atoms with Gasteiger partial charge < -0.3 is 0 Å². The quantitative estimate of drug-likeness (QED) is 0.492. The van der Waals surface area contributed by atoms with Gasteiger partial charge in [-0.05, 0) is 40.8 Å². The molecule has 0 fully saturated rings. The summed E-state index contributed by atoms with van der Waals surface area (Å²) in [5.74, 6) is -0.355. The van der Waals surface area contributed by atoms with E-state index < -0.39 is 0 Å². The van der Waals surface area contributed by atoms with Gasteiger partial charge in [0.05, 0.1) is 0 Å². The van der Waals surface area contributed by atoms with E-state index in [4.69, 9.17) is 0 Å². The van der Waals surface area contributed by atoms with Crippen molar-refractivity contribution in [2.45, 2.75) is 0 Å². The molecular weight excluding hydrogens is 336 g/mol. The largest absolute Gasteiger partial charge is 0.268 e. The molecule has 0 aliphatic carbocycles. The van der Waals surface area contributed by atoms with Gasteiger partial charge in [0.25, 0.3) is 11.8 Å². The molecule has 27 heavy (non-hydrogen) atoms. The second-order valence-electron chi connectivity index (χ2n) is 6.39. The number of carbonyl (C=O) groups is 2. The molecule has 2 heterocycles. The summed E-state index contributed by atoms with van der Waals surface area (Å²) in [7, 11) is 0. The second-order valence-corrected chi connectivity index (χ2v) is 6.39. The van der Waals surface area contributed by atoms with E-state index >= 15 is 0 Å². The Morgan fingerprint density at radius 2 is 1.33 bits per heavy atom. The molecule has 0 bridgehead atoms. The average Bonchev–Trinajstić information content (AvgIpc) is 2.73. The summed E-state index contributed by atoms with van der Waals surface area (Å²) in [5.41, 5.74) is 3.09. The number of aromatic nitrogens is 1. The molecule has 4 heteroatoms. The zero-order valence-electron chi connectivity index (χ0n) is 14.3. The number of amides is 2. The molecule has 3 aromatic carbocycles. The summed E-state index contributed by atoms with van der Waals surface area (Å²) in [6.07, 6.45) is 1.57. The van der Waals surface area contributed by atoms with Crippen LogP contribution in [0.5, 0.6) is 0 Å². The summed E-state index contributed by atoms with van der Waals surface area (Å²) in [4.78, 5) is 31.6. The number of benzene rings is 3. The highest BCUT2D eigenvalue weighted by Gasteiger charge is 2.35. The predicted molar refractivity (Wildman–Crippen MR) is 105 cm³/mol. The van der Waals surface area contributed by atoms with Crippen LogP contribution in [0.25, 0.3) is 21.9 Å². The maximum Gasteiger partial charge on any atom is 0.267 e. The number of nitrogens with zero attached hydrogens (tertiary/aromatic N) is 2. The maximum atomic E-state index is 13.1. The molecule has 1 aliphatic heterocycles. The Kier molecular flexibility index (Phi) is 3.37. The van der Waals surface area contributed by atoms with Gasteiger partial charge in [0.2, 0.25) is 0 Å². The Morgan fingerprint density at radius 1 is 0.630 bits per heavy atom. The van der Waals surface area contributed by atoms with Crippen molar-refractivity contribution in [3.05, 3.63) is 96.2 Å². The van der Waals surface area contributed by atoms with Crippen LogP contribution >= 0.6 is 0 Å². The van der Waals surface area contributed by atoms with Gasteiger partial charge >= 0.3 is 0 Å². The lowest BCUT2D eigenvalue weighted by molar-refractivity contribution is 0.0892. The Labute approximate surface area is 155 Å². The van der Waals surface area contributed by atoms with E-state index in [1.165, 1.54) is 0 Å². The molecule has 2 amide bonds. The molecule has 1 aromatic heterocycles. The van der Waals surface area contributed by atoms with Gasteiger partial charge in [-0.3, -0.25) is 9.59 Å². The molecule has 0 radical (unpaired) electrons. The molecule has 5 rings (SSSR count). The van der Waals surface area contributed by atoms with Crippen molar-refractivity contribution < 1.29 is 9.59 Å². The van der Waals surface area contributed by atoms with Gasteiger partial charge in [-0.25, -0.2) is 9.88 Å². The van der Waals surface area contributed by atoms with E-state index in [9.17, 15) is 9.59 Å². The van der Waals surface area contributed by atoms with Crippen molar-refractivity contribution in [3.63, 3.8) is 0 Å². The van der Waals surface area contributed by atoms with Gasteiger partial charge in [-0.1, -0.05) is 54.6 Å². The molecule has 0 atom stereocenters. The van der Waals surface area contributed by atoms with Crippen LogP contribution in [0.4, 0.5) is 5.82 Å². The standard InChI is InChI=1S/C23H14N2O2/c26-22-18-10-6-9-17-16(15-7-2-1-3-8-15)12-13-19(21(17)18)23(27)25(22)20-11-4-5-14-24-20/h1-14H. The number of imide groups is 1. The highest BCUT2D eigenvalue weighted by Crippen LogP contribution is 2.37. The molecule has 4 aromatic rings. The summed E-state index contributed by atoms with van der Waals surface area (Å²) >= 11 is 0. The number of hydrogen-bond donors (Lipinski definition) is 0. The van der Waals surface area contributed by atoms with Gasteiger partial charge in [0.15, 0.2) is 0 Å². The summed E-state index contributed by atoms with van der Waals surface area (Å²) in [6.45, 7) is 0. The highest BCUT2D eigenvalue weighted by molar-refractivity contribution is 6.36. The topological polar surface area (TPSA) is 50.3 Å². The molecule has 4 nitrogen and oxygen atoms in total. The van der Waals surface area contributed by atoms with Gasteiger partial charge in [0, 0.05) is 22.7 Å². The Bertz CT molecular complexity index is 1180. The zero-order chi connectivity index (χ0) is 18.4. The number of hydrogen-bond acceptors (Lipinski definition) is 3. The molecule has 0 spiro atoms. The number of pyridine rings is 1. The van der Waals surface area contributed by atoms with Crippen LogP contribution in [0, 0.1) is 0 Å². The van der Waals surface area contributed by atoms with Crippen molar-refractivity contribution in [2.75, 3.05) is 4.90 Å². The van der Waals surface area contributed by atoms with Gasteiger partial charge in [0.1, 0.15) is 5.82 Å². The smallest absolute Gasteiger partial charge is 0.267 e. The lowest BCUT2D eigenvalue weighted by atomic mass is 9.89. The minimum Gasteiger partial charge on any atom is -0.268 e. The second kappa shape index (κ2) is 5.88. The van der Waals surface area contributed by atoms with E-state index in [0.717, 1.165) is 21.4 Å². The minimum absolute atomic E-state index is 0.335. The van der Waals surface area contributed by atoms with Crippen molar-refractivity contribution >= 4 is 28.4 Å². The first-order valence-corrected chi connectivity index (χ1v) is 8.66. The van der Waals surface area contributed by atoms with E-state index in [0.29, 0.717) is 22.3 Å². The lowest BCUT2D eigenvalue weighted by Gasteiger charge is -2.27. The summed E-state index contributed by atoms with van der Waals surface area (Å²) in [5, 5.41) is 1.61. The number of carbonyl (C=O) groups excluding carboxylic acids is 2. The zero-order valence-corrected chi connectivity index (χ0v) is 14.3. The van der Waals surface area contributed by atoms with Crippen LogP contribution in [0.1, 0.15) is 20.7 Å². The van der Waals surface area contributed by atoms with Crippen LogP contribution < -0.4 is 4.90 Å². The summed E-state index contributed by atoms with van der Waals surface area (Å²) < 4.78 is 0. The Morgan fingerprint density at radius 3 is 2.07 bits per heavy atom. The maximum absolute atomic E-state index is 13.1. The SMILES string of the molecule is O=C1c2cccc3c(-c4ccccc4)ccc(c23)C(=O)N1c1ccccn1. The van der Waals surface area contributed by atoms with Crippen LogP contribution in [-0.4, -0.2) is 16.8 Å². The van der Waals surface area contributed by atoms with Gasteiger partial charge in [-0.2, -0.15) is 0 Å². The first kappa shape index (κ1) is 15.5.